The molecule has 0 aromatic carbocycles. The average Bonchev–Trinajstić information content (AvgIpc) is 3.07. The van der Waals surface area contributed by atoms with Crippen LogP contribution in [0.15, 0.2) is 12.3 Å². The Morgan fingerprint density at radius 1 is 1.59 bits per heavy atom. The smallest absolute Gasteiger partial charge is 0.325 e. The van der Waals surface area contributed by atoms with Crippen LogP contribution in [-0.2, 0) is 20.9 Å². The van der Waals surface area contributed by atoms with Crippen LogP contribution in [0.25, 0.3) is 0 Å². The lowest BCUT2D eigenvalue weighted by Gasteiger charge is -2.29. The molecule has 0 radical (unpaired) electrons. The Hall–Kier alpha value is -2.03. The van der Waals surface area contributed by atoms with Crippen LogP contribution in [0, 0.1) is 0 Å². The van der Waals surface area contributed by atoms with E-state index in [1.54, 1.807) is 16.7 Å². The first kappa shape index (κ1) is 14.9. The lowest BCUT2D eigenvalue weighted by atomic mass is 10.2. The average molecular weight is 324 g/mol. The van der Waals surface area contributed by atoms with Crippen LogP contribution in [-0.4, -0.2) is 54.2 Å². The van der Waals surface area contributed by atoms with Crippen molar-refractivity contribution in [1.82, 2.24) is 14.7 Å². The minimum absolute atomic E-state index is 0.00376. The van der Waals surface area contributed by atoms with Gasteiger partial charge in [0, 0.05) is 24.4 Å². The van der Waals surface area contributed by atoms with Crippen molar-refractivity contribution in [2.45, 2.75) is 37.2 Å². The summed E-state index contributed by atoms with van der Waals surface area (Å²) >= 11 is 1.62. The molecule has 9 heteroatoms. The summed E-state index contributed by atoms with van der Waals surface area (Å²) in [5, 5.41) is 15.3. The molecular formula is C13H16N4O4S. The maximum Gasteiger partial charge on any atom is 0.325 e. The quantitative estimate of drug-likeness (QED) is 0.828. The highest BCUT2D eigenvalue weighted by Crippen LogP contribution is 2.47. The third kappa shape index (κ3) is 2.56. The third-order valence-electron chi connectivity index (χ3n) is 3.94. The molecule has 2 aliphatic rings. The Morgan fingerprint density at radius 2 is 2.36 bits per heavy atom. The summed E-state index contributed by atoms with van der Waals surface area (Å²) in [6.07, 6.45) is 2.71. The van der Waals surface area contributed by atoms with Crippen molar-refractivity contribution in [3.05, 3.63) is 12.3 Å². The van der Waals surface area contributed by atoms with Crippen LogP contribution in [0.2, 0.25) is 0 Å². The second kappa shape index (κ2) is 5.31. The summed E-state index contributed by atoms with van der Waals surface area (Å²) in [6, 6.07) is 1.03. The van der Waals surface area contributed by atoms with Gasteiger partial charge < -0.3 is 15.3 Å². The number of fused-ring (bicyclic) bond motifs is 1. The van der Waals surface area contributed by atoms with Crippen LogP contribution in [0.4, 0.5) is 5.82 Å². The molecular weight excluding hydrogens is 308 g/mol. The van der Waals surface area contributed by atoms with Gasteiger partial charge in [0.15, 0.2) is 5.82 Å². The molecule has 0 saturated carbocycles. The Labute approximate surface area is 130 Å². The molecule has 3 rings (SSSR count). The number of nitrogens with zero attached hydrogens (tertiary/aromatic N) is 3. The predicted molar refractivity (Wildman–Crippen MR) is 79.2 cm³/mol. The Morgan fingerprint density at radius 3 is 3.09 bits per heavy atom. The SMILES string of the molecule is C[C@]12CCC(=O)N1[C@@H](C(=O)Nc1ccn(CC(=O)O)n1)CS2. The summed E-state index contributed by atoms with van der Waals surface area (Å²) in [5.74, 6) is -0.441. The van der Waals surface area contributed by atoms with Gasteiger partial charge in [-0.15, -0.1) is 11.8 Å². The summed E-state index contributed by atoms with van der Waals surface area (Å²) in [7, 11) is 0. The van der Waals surface area contributed by atoms with E-state index in [4.69, 9.17) is 5.11 Å². The van der Waals surface area contributed by atoms with Crippen LogP contribution >= 0.6 is 11.8 Å². The number of hydrogen-bond acceptors (Lipinski definition) is 5. The molecule has 2 N–H and O–H groups in total. The summed E-state index contributed by atoms with van der Waals surface area (Å²) in [4.78, 5) is 36.4. The van der Waals surface area contributed by atoms with E-state index >= 15 is 0 Å². The largest absolute Gasteiger partial charge is 0.480 e. The first-order valence-electron chi connectivity index (χ1n) is 6.91. The molecule has 0 spiro atoms. The van der Waals surface area contributed by atoms with Crippen molar-refractivity contribution >= 4 is 35.4 Å². The van der Waals surface area contributed by atoms with Gasteiger partial charge in [-0.1, -0.05) is 0 Å². The van der Waals surface area contributed by atoms with Gasteiger partial charge in [-0.25, -0.2) is 0 Å². The minimum Gasteiger partial charge on any atom is -0.480 e. The minimum atomic E-state index is -1.01. The molecule has 2 aliphatic heterocycles. The normalized spacial score (nSPS) is 27.0. The first-order chi connectivity index (χ1) is 10.4. The van der Waals surface area contributed by atoms with Gasteiger partial charge in [0.2, 0.25) is 11.8 Å². The number of amides is 2. The Kier molecular flexibility index (Phi) is 3.59. The number of carbonyl (C=O) groups excluding carboxylic acids is 2. The summed E-state index contributed by atoms with van der Waals surface area (Å²) in [5.41, 5.74) is 0. The molecule has 1 aromatic heterocycles. The van der Waals surface area contributed by atoms with Crippen molar-refractivity contribution in [1.29, 1.82) is 0 Å². The van der Waals surface area contributed by atoms with E-state index in [-0.39, 0.29) is 29.0 Å². The standard InChI is InChI=1S/C13H16N4O4S/c1-13-4-2-10(18)17(13)8(7-22-13)12(21)14-9-3-5-16(15-9)6-11(19)20/h3,5,8H,2,4,6-7H2,1H3,(H,19,20)(H,14,15,21)/t8-,13+/m1/s1. The fourth-order valence-electron chi connectivity index (χ4n) is 2.88. The van der Waals surface area contributed by atoms with Gasteiger partial charge >= 0.3 is 5.97 Å². The molecule has 22 heavy (non-hydrogen) atoms. The number of carboxylic acids is 1. The van der Waals surface area contributed by atoms with Crippen LogP contribution < -0.4 is 5.32 Å². The number of thioether (sulfide) groups is 1. The molecule has 2 atom stereocenters. The lowest BCUT2D eigenvalue weighted by Crippen LogP contribution is -2.48. The predicted octanol–water partition coefficient (Wildman–Crippen LogP) is 0.360. The molecule has 0 unspecified atom stereocenters. The highest BCUT2D eigenvalue weighted by molar-refractivity contribution is 8.01. The van der Waals surface area contributed by atoms with E-state index < -0.39 is 12.0 Å². The topological polar surface area (TPSA) is 105 Å². The van der Waals surface area contributed by atoms with Gasteiger partial charge in [-0.05, 0) is 13.3 Å². The molecule has 0 aliphatic carbocycles. The van der Waals surface area contributed by atoms with E-state index in [1.807, 2.05) is 6.92 Å². The second-order valence-electron chi connectivity index (χ2n) is 5.55. The number of aliphatic carboxylic acids is 1. The van der Waals surface area contributed by atoms with Crippen molar-refractivity contribution in [3.8, 4) is 0 Å². The van der Waals surface area contributed by atoms with Crippen molar-refractivity contribution in [2.75, 3.05) is 11.1 Å². The molecule has 2 saturated heterocycles. The number of aromatic nitrogens is 2. The zero-order valence-corrected chi connectivity index (χ0v) is 12.8. The van der Waals surface area contributed by atoms with Crippen molar-refractivity contribution < 1.29 is 19.5 Å². The maximum atomic E-state index is 12.4. The van der Waals surface area contributed by atoms with E-state index in [1.165, 1.54) is 16.9 Å². The summed E-state index contributed by atoms with van der Waals surface area (Å²) in [6.45, 7) is 1.72. The van der Waals surface area contributed by atoms with Crippen LogP contribution in [0.5, 0.6) is 0 Å². The monoisotopic (exact) mass is 324 g/mol. The van der Waals surface area contributed by atoms with Gasteiger partial charge in [-0.3, -0.25) is 19.1 Å². The molecule has 8 nitrogen and oxygen atoms in total. The third-order valence-corrected chi connectivity index (χ3v) is 5.44. The van der Waals surface area contributed by atoms with Gasteiger partial charge in [-0.2, -0.15) is 5.10 Å². The summed E-state index contributed by atoms with van der Waals surface area (Å²) < 4.78 is 1.23. The first-order valence-corrected chi connectivity index (χ1v) is 7.90. The number of carboxylic acid groups (broad SMARTS) is 1. The maximum absolute atomic E-state index is 12.4. The Bertz CT molecular complexity index is 646. The number of anilines is 1. The Balaban J connectivity index is 1.68. The van der Waals surface area contributed by atoms with Gasteiger partial charge in [0.1, 0.15) is 12.6 Å². The lowest BCUT2D eigenvalue weighted by molar-refractivity contribution is -0.138. The van der Waals surface area contributed by atoms with Crippen molar-refractivity contribution in [2.24, 2.45) is 0 Å². The molecule has 3 heterocycles. The van der Waals surface area contributed by atoms with E-state index in [0.29, 0.717) is 12.2 Å². The molecule has 118 valence electrons. The zero-order valence-electron chi connectivity index (χ0n) is 12.0. The zero-order chi connectivity index (χ0) is 15.9. The second-order valence-corrected chi connectivity index (χ2v) is 7.05. The molecule has 1 aromatic rings. The molecule has 2 amide bonds. The highest BCUT2D eigenvalue weighted by Gasteiger charge is 2.52. The van der Waals surface area contributed by atoms with E-state index in [2.05, 4.69) is 10.4 Å². The van der Waals surface area contributed by atoms with Crippen LogP contribution in [0.3, 0.4) is 0 Å². The number of rotatable bonds is 4. The van der Waals surface area contributed by atoms with E-state index in [9.17, 15) is 14.4 Å². The fourth-order valence-corrected chi connectivity index (χ4v) is 4.31. The number of hydrogen-bond donors (Lipinski definition) is 2. The highest BCUT2D eigenvalue weighted by atomic mass is 32.2. The molecule has 0 bridgehead atoms. The molecule has 2 fully saturated rings. The van der Waals surface area contributed by atoms with Gasteiger partial charge in [0.25, 0.3) is 0 Å². The van der Waals surface area contributed by atoms with Gasteiger partial charge in [0.05, 0.1) is 4.87 Å². The van der Waals surface area contributed by atoms with Crippen LogP contribution in [0.1, 0.15) is 19.8 Å². The number of carbonyl (C=O) groups is 3. The number of nitrogens with one attached hydrogen (secondary N) is 1. The van der Waals surface area contributed by atoms with E-state index in [0.717, 1.165) is 6.42 Å². The fraction of sp³-hybridized carbons (Fsp3) is 0.538. The van der Waals surface area contributed by atoms with Crippen molar-refractivity contribution in [3.63, 3.8) is 0 Å².